The van der Waals surface area contributed by atoms with Gasteiger partial charge in [0, 0.05) is 12.0 Å². The maximum absolute atomic E-state index is 10.6. The van der Waals surface area contributed by atoms with Crippen LogP contribution in [0.4, 0.5) is 4.79 Å². The molecule has 1 aliphatic carbocycles. The zero-order chi connectivity index (χ0) is 11.1. The first-order valence-electron chi connectivity index (χ1n) is 4.88. The highest BCUT2D eigenvalue weighted by atomic mass is 16.6. The van der Waals surface area contributed by atoms with E-state index in [-0.39, 0.29) is 0 Å². The molecule has 0 atom stereocenters. The summed E-state index contributed by atoms with van der Waals surface area (Å²) in [5.41, 5.74) is 9.97. The maximum atomic E-state index is 10.6. The molecule has 3 rings (SSSR count). The lowest BCUT2D eigenvalue weighted by Gasteiger charge is -2.08. The molecule has 1 aliphatic heterocycles. The van der Waals surface area contributed by atoms with Gasteiger partial charge in [0.25, 0.3) is 0 Å². The monoisotopic (exact) mass is 215 g/mol. The number of nitrogens with one attached hydrogen (secondary N) is 1. The number of urea groups is 1. The third-order valence-corrected chi connectivity index (χ3v) is 2.55. The molecule has 0 unspecified atom stereocenters. The van der Waals surface area contributed by atoms with Crippen molar-refractivity contribution in [2.24, 2.45) is 10.8 Å². The van der Waals surface area contributed by atoms with E-state index in [4.69, 9.17) is 10.5 Å². The summed E-state index contributed by atoms with van der Waals surface area (Å²) in [6, 6.07) is 7.17. The molecule has 1 heterocycles. The van der Waals surface area contributed by atoms with E-state index < -0.39 is 6.03 Å². The zero-order valence-electron chi connectivity index (χ0n) is 8.36. The van der Waals surface area contributed by atoms with E-state index in [9.17, 15) is 4.79 Å². The molecule has 5 nitrogen and oxygen atoms in total. The van der Waals surface area contributed by atoms with Gasteiger partial charge in [-0.05, 0) is 5.56 Å². The molecule has 0 radical (unpaired) electrons. The summed E-state index contributed by atoms with van der Waals surface area (Å²) in [5.74, 6) is 1.68. The number of fused-ring (bicyclic) bond motifs is 1. The number of amides is 2. The van der Waals surface area contributed by atoms with Crippen LogP contribution in [0.5, 0.6) is 0 Å². The molecule has 0 spiro atoms. The van der Waals surface area contributed by atoms with Crippen molar-refractivity contribution in [3.8, 4) is 0 Å². The number of carbonyl (C=O) groups excluding carboxylic acids is 1. The minimum Gasteiger partial charge on any atom is -0.451 e. The van der Waals surface area contributed by atoms with E-state index in [0.717, 1.165) is 29.1 Å². The lowest BCUT2D eigenvalue weighted by Crippen LogP contribution is -2.26. The molecule has 1 aromatic carbocycles. The van der Waals surface area contributed by atoms with Crippen LogP contribution >= 0.6 is 0 Å². The summed E-state index contributed by atoms with van der Waals surface area (Å²) in [4.78, 5) is 10.6. The molecule has 0 aromatic heterocycles. The number of benzene rings is 1. The van der Waals surface area contributed by atoms with Crippen molar-refractivity contribution in [1.29, 1.82) is 0 Å². The van der Waals surface area contributed by atoms with Gasteiger partial charge in [-0.2, -0.15) is 5.10 Å². The molecule has 80 valence electrons. The van der Waals surface area contributed by atoms with Gasteiger partial charge in [-0.25, -0.2) is 10.2 Å². The maximum Gasteiger partial charge on any atom is 0.332 e. The minimum absolute atomic E-state index is 0.649. The van der Waals surface area contributed by atoms with E-state index in [1.54, 1.807) is 0 Å². The van der Waals surface area contributed by atoms with Crippen LogP contribution < -0.4 is 11.2 Å². The fourth-order valence-corrected chi connectivity index (χ4v) is 1.82. The van der Waals surface area contributed by atoms with E-state index in [1.165, 1.54) is 0 Å². The number of hydrogen-bond acceptors (Lipinski definition) is 3. The first-order chi connectivity index (χ1) is 7.75. The van der Waals surface area contributed by atoms with Crippen molar-refractivity contribution in [1.82, 2.24) is 5.43 Å². The quantitative estimate of drug-likeness (QED) is 0.681. The smallest absolute Gasteiger partial charge is 0.332 e. The third kappa shape index (κ3) is 1.33. The average Bonchev–Trinajstić information content (AvgIpc) is 3.02. The Kier molecular flexibility index (Phi) is 1.73. The highest BCUT2D eigenvalue weighted by molar-refractivity contribution is 6.16. The number of rotatable bonds is 1. The zero-order valence-corrected chi connectivity index (χ0v) is 8.36. The van der Waals surface area contributed by atoms with Gasteiger partial charge >= 0.3 is 6.03 Å². The van der Waals surface area contributed by atoms with Gasteiger partial charge in [-0.15, -0.1) is 0 Å². The lowest BCUT2D eigenvalue weighted by atomic mass is 9.96. The topological polar surface area (TPSA) is 80.0 Å². The van der Waals surface area contributed by atoms with Gasteiger partial charge in [-0.3, -0.25) is 0 Å². The molecule has 2 amide bonds. The largest absolute Gasteiger partial charge is 0.451 e. The number of primary amides is 1. The SMILES string of the molecule is NC(=O)N/N=C1/C2=C(Cc3ccccc31)O2. The number of carbonyl (C=O) groups is 1. The van der Waals surface area contributed by atoms with Crippen molar-refractivity contribution in [3.63, 3.8) is 0 Å². The van der Waals surface area contributed by atoms with Crippen molar-refractivity contribution < 1.29 is 9.53 Å². The van der Waals surface area contributed by atoms with Gasteiger partial charge in [0.2, 0.25) is 0 Å². The molecule has 0 saturated heterocycles. The van der Waals surface area contributed by atoms with Crippen molar-refractivity contribution in [2.75, 3.05) is 0 Å². The fraction of sp³-hybridized carbons (Fsp3) is 0.0909. The lowest BCUT2D eigenvalue weighted by molar-refractivity contribution is 0.249. The Morgan fingerprint density at radius 1 is 1.44 bits per heavy atom. The number of nitrogens with two attached hydrogens (primary N) is 1. The van der Waals surface area contributed by atoms with Crippen molar-refractivity contribution in [3.05, 3.63) is 46.9 Å². The molecule has 1 aromatic rings. The second-order valence-electron chi connectivity index (χ2n) is 3.62. The molecule has 0 saturated carbocycles. The minimum atomic E-state index is -0.682. The van der Waals surface area contributed by atoms with Gasteiger partial charge < -0.3 is 10.5 Å². The predicted molar refractivity (Wildman–Crippen MR) is 57.5 cm³/mol. The normalized spacial score (nSPS) is 18.6. The van der Waals surface area contributed by atoms with Crippen LogP contribution in [0.25, 0.3) is 0 Å². The van der Waals surface area contributed by atoms with Crippen LogP contribution in [0, 0.1) is 0 Å². The van der Waals surface area contributed by atoms with E-state index in [2.05, 4.69) is 10.5 Å². The molecule has 0 bridgehead atoms. The van der Waals surface area contributed by atoms with Gasteiger partial charge in [0.15, 0.2) is 11.5 Å². The van der Waals surface area contributed by atoms with E-state index in [1.807, 2.05) is 24.3 Å². The number of hydrazone groups is 1. The van der Waals surface area contributed by atoms with Crippen LogP contribution in [0.1, 0.15) is 11.1 Å². The third-order valence-electron chi connectivity index (χ3n) is 2.55. The second kappa shape index (κ2) is 3.10. The standard InChI is InChI=1S/C11H9N3O2/c12-11(15)14-13-9-7-4-2-1-3-6(7)5-8-10(9)16-8/h1-4H,5H2,(H3,12,14,15)/b13-9+. The average molecular weight is 215 g/mol. The summed E-state index contributed by atoms with van der Waals surface area (Å²) < 4.78 is 5.32. The van der Waals surface area contributed by atoms with Crippen LogP contribution in [0.2, 0.25) is 0 Å². The Bertz CT molecular complexity index is 546. The Morgan fingerprint density at radius 3 is 3.06 bits per heavy atom. The summed E-state index contributed by atoms with van der Waals surface area (Å²) in [6.07, 6.45) is 0.793. The molecule has 2 aliphatic rings. The van der Waals surface area contributed by atoms with Gasteiger partial charge in [0.05, 0.1) is 0 Å². The number of hydrogen-bond donors (Lipinski definition) is 2. The molecular weight excluding hydrogens is 206 g/mol. The Morgan fingerprint density at radius 2 is 2.25 bits per heavy atom. The van der Waals surface area contributed by atoms with Crippen LogP contribution in [0.15, 0.2) is 40.9 Å². The second-order valence-corrected chi connectivity index (χ2v) is 3.62. The van der Waals surface area contributed by atoms with Gasteiger partial charge in [0.1, 0.15) is 5.71 Å². The van der Waals surface area contributed by atoms with Crippen LogP contribution in [0.3, 0.4) is 0 Å². The highest BCUT2D eigenvalue weighted by Crippen LogP contribution is 2.38. The Balaban J connectivity index is 2.03. The van der Waals surface area contributed by atoms with E-state index >= 15 is 0 Å². The van der Waals surface area contributed by atoms with Crippen LogP contribution in [-0.2, 0) is 11.2 Å². The first kappa shape index (κ1) is 8.96. The van der Waals surface area contributed by atoms with Crippen molar-refractivity contribution in [2.45, 2.75) is 6.42 Å². The highest BCUT2D eigenvalue weighted by Gasteiger charge is 2.37. The molecular formula is C11H9N3O2. The summed E-state index contributed by atoms with van der Waals surface area (Å²) in [7, 11) is 0. The Hall–Kier alpha value is -2.30. The molecule has 0 fully saturated rings. The summed E-state index contributed by atoms with van der Waals surface area (Å²) in [6.45, 7) is 0. The first-order valence-corrected chi connectivity index (χ1v) is 4.88. The van der Waals surface area contributed by atoms with E-state index in [0.29, 0.717) is 5.71 Å². The Labute approximate surface area is 91.6 Å². The number of ether oxygens (including phenoxy) is 1. The summed E-state index contributed by atoms with van der Waals surface area (Å²) in [5, 5.41) is 3.96. The number of allylic oxidation sites excluding steroid dienone is 2. The molecule has 5 heteroatoms. The predicted octanol–water partition coefficient (Wildman–Crippen LogP) is 0.857. The van der Waals surface area contributed by atoms with Gasteiger partial charge in [-0.1, -0.05) is 24.3 Å². The fourth-order valence-electron chi connectivity index (χ4n) is 1.82. The molecule has 16 heavy (non-hydrogen) atoms. The molecule has 3 N–H and O–H groups in total. The van der Waals surface area contributed by atoms with Crippen LogP contribution in [-0.4, -0.2) is 11.7 Å². The summed E-state index contributed by atoms with van der Waals surface area (Å²) >= 11 is 0. The van der Waals surface area contributed by atoms with Crippen molar-refractivity contribution >= 4 is 11.7 Å². The number of nitrogens with zero attached hydrogens (tertiary/aromatic N) is 1.